The van der Waals surface area contributed by atoms with Crippen LogP contribution in [0.15, 0.2) is 12.4 Å². The summed E-state index contributed by atoms with van der Waals surface area (Å²) < 4.78 is 0. The van der Waals surface area contributed by atoms with Gasteiger partial charge in [-0.3, -0.25) is 4.79 Å². The Morgan fingerprint density at radius 3 is 2.71 bits per heavy atom. The van der Waals surface area contributed by atoms with E-state index in [9.17, 15) is 4.79 Å². The molecule has 1 rings (SSSR count). The Hall–Kier alpha value is -1.32. The van der Waals surface area contributed by atoms with Crippen molar-refractivity contribution >= 4 is 5.91 Å². The standard InChI is InChI=1S/C10H17N3O/c1-3-13(4-2)10(14)6-5-9-11-7-8-12-9/h7-8H,3-6H2,1-2H3,(H,11,12). The van der Waals surface area contributed by atoms with Crippen LogP contribution in [0.2, 0.25) is 0 Å². The van der Waals surface area contributed by atoms with Crippen LogP contribution in [0.3, 0.4) is 0 Å². The normalized spacial score (nSPS) is 10.1. The largest absolute Gasteiger partial charge is 0.349 e. The molecule has 1 aromatic rings. The maximum absolute atomic E-state index is 11.6. The number of imidazole rings is 1. The minimum atomic E-state index is 0.200. The van der Waals surface area contributed by atoms with E-state index in [0.717, 1.165) is 18.9 Å². The maximum atomic E-state index is 11.6. The lowest BCUT2D eigenvalue weighted by atomic mass is 10.2. The number of hydrogen-bond donors (Lipinski definition) is 1. The lowest BCUT2D eigenvalue weighted by Gasteiger charge is -2.17. The Morgan fingerprint density at radius 1 is 1.50 bits per heavy atom. The number of rotatable bonds is 5. The van der Waals surface area contributed by atoms with Gasteiger partial charge in [0.05, 0.1) is 0 Å². The van der Waals surface area contributed by atoms with Crippen LogP contribution in [-0.2, 0) is 11.2 Å². The topological polar surface area (TPSA) is 49.0 Å². The number of nitrogens with one attached hydrogen (secondary N) is 1. The minimum absolute atomic E-state index is 0.200. The predicted molar refractivity (Wildman–Crippen MR) is 54.8 cm³/mol. The van der Waals surface area contributed by atoms with Gasteiger partial charge in [0.1, 0.15) is 5.82 Å². The Morgan fingerprint density at radius 2 is 2.21 bits per heavy atom. The first kappa shape index (κ1) is 10.8. The van der Waals surface area contributed by atoms with Gasteiger partial charge in [-0.25, -0.2) is 4.98 Å². The van der Waals surface area contributed by atoms with Crippen LogP contribution in [0.25, 0.3) is 0 Å². The maximum Gasteiger partial charge on any atom is 0.222 e. The minimum Gasteiger partial charge on any atom is -0.349 e. The zero-order valence-corrected chi connectivity index (χ0v) is 8.79. The Kier molecular flexibility index (Phi) is 4.16. The number of carbonyl (C=O) groups excluding carboxylic acids is 1. The fourth-order valence-electron chi connectivity index (χ4n) is 1.39. The van der Waals surface area contributed by atoms with E-state index in [2.05, 4.69) is 9.97 Å². The molecule has 4 nitrogen and oxygen atoms in total. The first-order valence-electron chi connectivity index (χ1n) is 5.04. The van der Waals surface area contributed by atoms with Gasteiger partial charge >= 0.3 is 0 Å². The quantitative estimate of drug-likeness (QED) is 0.767. The second-order valence-electron chi connectivity index (χ2n) is 3.10. The zero-order chi connectivity index (χ0) is 10.4. The molecule has 0 aliphatic rings. The molecule has 0 radical (unpaired) electrons. The van der Waals surface area contributed by atoms with Gasteiger partial charge in [-0.2, -0.15) is 0 Å². The fraction of sp³-hybridized carbons (Fsp3) is 0.600. The Bertz CT molecular complexity index is 265. The van der Waals surface area contributed by atoms with Crippen LogP contribution in [0.4, 0.5) is 0 Å². The van der Waals surface area contributed by atoms with Crippen molar-refractivity contribution in [3.63, 3.8) is 0 Å². The van der Waals surface area contributed by atoms with Crippen molar-refractivity contribution in [3.8, 4) is 0 Å². The molecule has 78 valence electrons. The average Bonchev–Trinajstić information content (AvgIpc) is 2.69. The van der Waals surface area contributed by atoms with Gasteiger partial charge in [0.15, 0.2) is 0 Å². The third kappa shape index (κ3) is 2.87. The van der Waals surface area contributed by atoms with Crippen LogP contribution in [-0.4, -0.2) is 33.9 Å². The lowest BCUT2D eigenvalue weighted by molar-refractivity contribution is -0.130. The van der Waals surface area contributed by atoms with E-state index in [1.165, 1.54) is 0 Å². The summed E-state index contributed by atoms with van der Waals surface area (Å²) in [6.07, 6.45) is 4.71. The number of H-pyrrole nitrogens is 1. The summed E-state index contributed by atoms with van der Waals surface area (Å²) in [7, 11) is 0. The van der Waals surface area contributed by atoms with E-state index in [4.69, 9.17) is 0 Å². The molecule has 0 atom stereocenters. The molecular formula is C10H17N3O. The second-order valence-corrected chi connectivity index (χ2v) is 3.10. The molecule has 0 fully saturated rings. The number of amides is 1. The van der Waals surface area contributed by atoms with E-state index in [-0.39, 0.29) is 5.91 Å². The van der Waals surface area contributed by atoms with Gasteiger partial charge in [0.25, 0.3) is 0 Å². The first-order valence-corrected chi connectivity index (χ1v) is 5.04. The molecule has 14 heavy (non-hydrogen) atoms. The third-order valence-electron chi connectivity index (χ3n) is 2.25. The number of aryl methyl sites for hydroxylation is 1. The monoisotopic (exact) mass is 195 g/mol. The molecule has 1 amide bonds. The van der Waals surface area contributed by atoms with Crippen LogP contribution >= 0.6 is 0 Å². The number of hydrogen-bond acceptors (Lipinski definition) is 2. The highest BCUT2D eigenvalue weighted by molar-refractivity contribution is 5.76. The molecule has 0 saturated heterocycles. The van der Waals surface area contributed by atoms with Crippen molar-refractivity contribution in [1.82, 2.24) is 14.9 Å². The molecule has 0 aliphatic heterocycles. The van der Waals surface area contributed by atoms with Gasteiger partial charge in [-0.15, -0.1) is 0 Å². The molecule has 0 saturated carbocycles. The highest BCUT2D eigenvalue weighted by Gasteiger charge is 2.09. The van der Waals surface area contributed by atoms with Gasteiger partial charge < -0.3 is 9.88 Å². The molecule has 1 heterocycles. The van der Waals surface area contributed by atoms with E-state index in [1.807, 2.05) is 18.7 Å². The summed E-state index contributed by atoms with van der Waals surface area (Å²) in [4.78, 5) is 20.5. The summed E-state index contributed by atoms with van der Waals surface area (Å²) in [6, 6.07) is 0. The van der Waals surface area contributed by atoms with Crippen molar-refractivity contribution in [3.05, 3.63) is 18.2 Å². The number of nitrogens with zero attached hydrogens (tertiary/aromatic N) is 2. The second kappa shape index (κ2) is 5.42. The van der Waals surface area contributed by atoms with Crippen molar-refractivity contribution in [2.45, 2.75) is 26.7 Å². The van der Waals surface area contributed by atoms with E-state index >= 15 is 0 Å². The summed E-state index contributed by atoms with van der Waals surface area (Å²) in [5.41, 5.74) is 0. The molecule has 0 spiro atoms. The van der Waals surface area contributed by atoms with Gasteiger partial charge in [0, 0.05) is 38.3 Å². The SMILES string of the molecule is CCN(CC)C(=O)CCc1ncc[nH]1. The Labute approximate surface area is 84.3 Å². The highest BCUT2D eigenvalue weighted by atomic mass is 16.2. The van der Waals surface area contributed by atoms with Crippen LogP contribution in [0.1, 0.15) is 26.1 Å². The molecule has 1 aromatic heterocycles. The average molecular weight is 195 g/mol. The van der Waals surface area contributed by atoms with Gasteiger partial charge in [0.2, 0.25) is 5.91 Å². The fourth-order valence-corrected chi connectivity index (χ4v) is 1.39. The number of aromatic nitrogens is 2. The molecule has 0 aromatic carbocycles. The van der Waals surface area contributed by atoms with Crippen molar-refractivity contribution in [1.29, 1.82) is 0 Å². The molecular weight excluding hydrogens is 178 g/mol. The predicted octanol–water partition coefficient (Wildman–Crippen LogP) is 1.21. The summed E-state index contributed by atoms with van der Waals surface area (Å²) in [5, 5.41) is 0. The Balaban J connectivity index is 2.34. The summed E-state index contributed by atoms with van der Waals surface area (Å²) in [5.74, 6) is 1.08. The molecule has 0 bridgehead atoms. The van der Waals surface area contributed by atoms with E-state index in [0.29, 0.717) is 12.8 Å². The molecule has 0 aliphatic carbocycles. The first-order chi connectivity index (χ1) is 6.77. The van der Waals surface area contributed by atoms with Gasteiger partial charge in [-0.1, -0.05) is 0 Å². The summed E-state index contributed by atoms with van der Waals surface area (Å²) in [6.45, 7) is 5.56. The molecule has 4 heteroatoms. The van der Waals surface area contributed by atoms with Crippen molar-refractivity contribution < 1.29 is 4.79 Å². The van der Waals surface area contributed by atoms with E-state index < -0.39 is 0 Å². The lowest BCUT2D eigenvalue weighted by Crippen LogP contribution is -2.30. The smallest absolute Gasteiger partial charge is 0.222 e. The van der Waals surface area contributed by atoms with Crippen molar-refractivity contribution in [2.24, 2.45) is 0 Å². The van der Waals surface area contributed by atoms with E-state index in [1.54, 1.807) is 12.4 Å². The third-order valence-corrected chi connectivity index (χ3v) is 2.25. The van der Waals surface area contributed by atoms with Crippen LogP contribution in [0, 0.1) is 0 Å². The van der Waals surface area contributed by atoms with Crippen LogP contribution < -0.4 is 0 Å². The van der Waals surface area contributed by atoms with Gasteiger partial charge in [-0.05, 0) is 13.8 Å². The number of carbonyl (C=O) groups is 1. The molecule has 0 unspecified atom stereocenters. The van der Waals surface area contributed by atoms with Crippen LogP contribution in [0.5, 0.6) is 0 Å². The molecule has 1 N–H and O–H groups in total. The van der Waals surface area contributed by atoms with Crippen molar-refractivity contribution in [2.75, 3.05) is 13.1 Å². The summed E-state index contributed by atoms with van der Waals surface area (Å²) >= 11 is 0. The zero-order valence-electron chi connectivity index (χ0n) is 8.79. The number of aromatic amines is 1. The highest BCUT2D eigenvalue weighted by Crippen LogP contribution is 1.99.